The van der Waals surface area contributed by atoms with E-state index in [2.05, 4.69) is 26.6 Å². The van der Waals surface area contributed by atoms with Gasteiger partial charge < -0.3 is 20.5 Å². The fourth-order valence-electron chi connectivity index (χ4n) is 1.25. The summed E-state index contributed by atoms with van der Waals surface area (Å²) < 4.78 is 5.30. The zero-order chi connectivity index (χ0) is 14.4. The summed E-state index contributed by atoms with van der Waals surface area (Å²) in [5, 5.41) is 14.2. The van der Waals surface area contributed by atoms with Crippen LogP contribution in [0.4, 0.5) is 10.5 Å². The lowest BCUT2D eigenvalue weighted by atomic mass is 10.3. The molecule has 0 heterocycles. The van der Waals surface area contributed by atoms with Gasteiger partial charge in [-0.3, -0.25) is 0 Å². The maximum absolute atomic E-state index is 11.6. The van der Waals surface area contributed by atoms with Crippen molar-refractivity contribution in [2.24, 2.45) is 0 Å². The van der Waals surface area contributed by atoms with Crippen molar-refractivity contribution in [2.45, 2.75) is 6.04 Å². The van der Waals surface area contributed by atoms with Crippen LogP contribution < -0.4 is 10.6 Å². The van der Waals surface area contributed by atoms with Gasteiger partial charge in [0.15, 0.2) is 6.04 Å². The number of carbonyl (C=O) groups is 2. The van der Waals surface area contributed by atoms with Crippen molar-refractivity contribution < 1.29 is 19.4 Å². The summed E-state index contributed by atoms with van der Waals surface area (Å²) in [4.78, 5) is 22.5. The summed E-state index contributed by atoms with van der Waals surface area (Å²) in [6.07, 6.45) is 0. The molecule has 0 aliphatic carbocycles. The molecule has 1 rings (SSSR count). The third kappa shape index (κ3) is 5.06. The Hall–Kier alpha value is -1.31. The molecule has 3 N–H and O–H groups in total. The van der Waals surface area contributed by atoms with Crippen LogP contribution in [0, 0.1) is 0 Å². The highest BCUT2D eigenvalue weighted by atomic mass is 79.9. The van der Waals surface area contributed by atoms with E-state index in [1.807, 2.05) is 0 Å². The highest BCUT2D eigenvalue weighted by Crippen LogP contribution is 2.25. The maximum atomic E-state index is 11.6. The van der Waals surface area contributed by atoms with Gasteiger partial charge in [0, 0.05) is 16.6 Å². The van der Waals surface area contributed by atoms with Gasteiger partial charge in [0.05, 0.1) is 12.3 Å². The number of urea groups is 1. The van der Waals surface area contributed by atoms with E-state index >= 15 is 0 Å². The van der Waals surface area contributed by atoms with Crippen LogP contribution >= 0.6 is 27.5 Å². The molecule has 1 aromatic carbocycles. The molecule has 6 nitrogen and oxygen atoms in total. The first kappa shape index (κ1) is 15.7. The number of methoxy groups -OCH3 is 1. The molecule has 2 amide bonds. The van der Waals surface area contributed by atoms with Crippen molar-refractivity contribution in [3.8, 4) is 0 Å². The summed E-state index contributed by atoms with van der Waals surface area (Å²) in [5.74, 6) is -1.17. The quantitative estimate of drug-likeness (QED) is 0.760. The monoisotopic (exact) mass is 350 g/mol. The number of benzene rings is 1. The fourth-order valence-corrected chi connectivity index (χ4v) is 2.03. The van der Waals surface area contributed by atoms with E-state index in [-0.39, 0.29) is 6.61 Å². The van der Waals surface area contributed by atoms with Crippen LogP contribution in [0.5, 0.6) is 0 Å². The molecule has 0 aliphatic rings. The van der Waals surface area contributed by atoms with Crippen LogP contribution in [0.3, 0.4) is 0 Å². The largest absolute Gasteiger partial charge is 0.480 e. The summed E-state index contributed by atoms with van der Waals surface area (Å²) >= 11 is 9.00. The van der Waals surface area contributed by atoms with E-state index in [1.54, 1.807) is 18.2 Å². The van der Waals surface area contributed by atoms with Crippen molar-refractivity contribution in [3.63, 3.8) is 0 Å². The zero-order valence-corrected chi connectivity index (χ0v) is 12.3. The first-order valence-corrected chi connectivity index (χ1v) is 6.35. The summed E-state index contributed by atoms with van der Waals surface area (Å²) in [6, 6.07) is 3.05. The Morgan fingerprint density at radius 1 is 1.53 bits per heavy atom. The smallest absolute Gasteiger partial charge is 0.328 e. The number of hydrogen-bond acceptors (Lipinski definition) is 3. The molecule has 8 heteroatoms. The Kier molecular flexibility index (Phi) is 6.07. The van der Waals surface area contributed by atoms with Crippen molar-refractivity contribution in [2.75, 3.05) is 19.0 Å². The highest BCUT2D eigenvalue weighted by Gasteiger charge is 2.19. The summed E-state index contributed by atoms with van der Waals surface area (Å²) in [6.45, 7) is -0.120. The average Bonchev–Trinajstić information content (AvgIpc) is 2.32. The Labute approximate surface area is 123 Å². The van der Waals surface area contributed by atoms with Crippen LogP contribution in [-0.4, -0.2) is 36.9 Å². The Balaban J connectivity index is 2.66. The third-order valence-electron chi connectivity index (χ3n) is 2.12. The number of rotatable bonds is 5. The maximum Gasteiger partial charge on any atom is 0.328 e. The summed E-state index contributed by atoms with van der Waals surface area (Å²) in [7, 11) is 1.35. The SMILES string of the molecule is COCC(NC(=O)Nc1ccc(Cl)cc1Br)C(=O)O. The van der Waals surface area contributed by atoms with E-state index in [0.717, 1.165) is 0 Å². The first-order chi connectivity index (χ1) is 8.93. The van der Waals surface area contributed by atoms with Crippen LogP contribution in [0.15, 0.2) is 22.7 Å². The molecule has 0 radical (unpaired) electrons. The fraction of sp³-hybridized carbons (Fsp3) is 0.273. The number of aliphatic carboxylic acids is 1. The second-order valence-electron chi connectivity index (χ2n) is 3.57. The number of carboxylic acids is 1. The minimum absolute atomic E-state index is 0.120. The average molecular weight is 352 g/mol. The normalized spacial score (nSPS) is 11.7. The Morgan fingerprint density at radius 2 is 2.21 bits per heavy atom. The number of nitrogens with one attached hydrogen (secondary N) is 2. The van der Waals surface area contributed by atoms with E-state index in [4.69, 9.17) is 21.4 Å². The predicted molar refractivity (Wildman–Crippen MR) is 74.6 cm³/mol. The van der Waals surface area contributed by atoms with Gasteiger partial charge in [-0.25, -0.2) is 9.59 Å². The number of ether oxygens (including phenoxy) is 1. The molecule has 104 valence electrons. The lowest BCUT2D eigenvalue weighted by Crippen LogP contribution is -2.45. The molecule has 1 aromatic rings. The van der Waals surface area contributed by atoms with Gasteiger partial charge in [0.25, 0.3) is 0 Å². The molecule has 0 saturated heterocycles. The molecule has 0 fully saturated rings. The van der Waals surface area contributed by atoms with Gasteiger partial charge in [-0.1, -0.05) is 11.6 Å². The van der Waals surface area contributed by atoms with Gasteiger partial charge >= 0.3 is 12.0 Å². The molecule has 1 atom stereocenters. The van der Waals surface area contributed by atoms with E-state index in [1.165, 1.54) is 7.11 Å². The van der Waals surface area contributed by atoms with Gasteiger partial charge in [-0.15, -0.1) is 0 Å². The van der Waals surface area contributed by atoms with Crippen LogP contribution in [0.2, 0.25) is 5.02 Å². The van der Waals surface area contributed by atoms with Crippen molar-refractivity contribution in [3.05, 3.63) is 27.7 Å². The standard InChI is InChI=1S/C11H12BrClN2O4/c1-19-5-9(10(16)17)15-11(18)14-8-3-2-6(13)4-7(8)12/h2-4,9H,5H2,1H3,(H,16,17)(H2,14,15,18). The lowest BCUT2D eigenvalue weighted by molar-refractivity contribution is -0.140. The number of hydrogen-bond donors (Lipinski definition) is 3. The molecule has 19 heavy (non-hydrogen) atoms. The van der Waals surface area contributed by atoms with Gasteiger partial charge in [0.2, 0.25) is 0 Å². The van der Waals surface area contributed by atoms with Crippen molar-refractivity contribution >= 4 is 45.2 Å². The molecule has 0 aliphatic heterocycles. The summed E-state index contributed by atoms with van der Waals surface area (Å²) in [5.41, 5.74) is 0.475. The van der Waals surface area contributed by atoms with Gasteiger partial charge in [-0.2, -0.15) is 0 Å². The number of anilines is 1. The van der Waals surface area contributed by atoms with Gasteiger partial charge in [-0.05, 0) is 34.1 Å². The number of carboxylic acid groups (broad SMARTS) is 1. The minimum Gasteiger partial charge on any atom is -0.480 e. The molecule has 1 unspecified atom stereocenters. The van der Waals surface area contributed by atoms with E-state index in [0.29, 0.717) is 15.2 Å². The van der Waals surface area contributed by atoms with Crippen molar-refractivity contribution in [1.82, 2.24) is 5.32 Å². The van der Waals surface area contributed by atoms with Crippen molar-refractivity contribution in [1.29, 1.82) is 0 Å². The molecule has 0 bridgehead atoms. The molecule has 0 spiro atoms. The minimum atomic E-state index is -1.17. The Bertz CT molecular complexity index is 484. The van der Waals surface area contributed by atoms with Crippen LogP contribution in [0.1, 0.15) is 0 Å². The zero-order valence-electron chi connectivity index (χ0n) is 9.94. The highest BCUT2D eigenvalue weighted by molar-refractivity contribution is 9.10. The molecule has 0 aromatic heterocycles. The molecular weight excluding hydrogens is 339 g/mol. The van der Waals surface area contributed by atoms with E-state index < -0.39 is 18.0 Å². The number of halogens is 2. The van der Waals surface area contributed by atoms with Crippen LogP contribution in [0.25, 0.3) is 0 Å². The predicted octanol–water partition coefficient (Wildman–Crippen LogP) is 2.32. The Morgan fingerprint density at radius 3 is 2.74 bits per heavy atom. The number of carbonyl (C=O) groups excluding carboxylic acids is 1. The topological polar surface area (TPSA) is 87.7 Å². The van der Waals surface area contributed by atoms with Crippen LogP contribution in [-0.2, 0) is 9.53 Å². The first-order valence-electron chi connectivity index (χ1n) is 5.18. The molecular formula is C11H12BrClN2O4. The number of amides is 2. The third-order valence-corrected chi connectivity index (χ3v) is 3.01. The van der Waals surface area contributed by atoms with E-state index in [9.17, 15) is 9.59 Å². The second-order valence-corrected chi connectivity index (χ2v) is 4.86. The molecule has 0 saturated carbocycles. The van der Waals surface area contributed by atoms with Gasteiger partial charge in [0.1, 0.15) is 0 Å². The second kappa shape index (κ2) is 7.32. The lowest BCUT2D eigenvalue weighted by Gasteiger charge is -2.14.